The summed E-state index contributed by atoms with van der Waals surface area (Å²) in [5.41, 5.74) is -0.298. The Hall–Kier alpha value is -1.64. The molecule has 1 aliphatic carbocycles. The molecule has 2 fully saturated rings. The van der Waals surface area contributed by atoms with Crippen molar-refractivity contribution in [3.8, 4) is 0 Å². The lowest BCUT2D eigenvalue weighted by molar-refractivity contribution is -0.145. The fraction of sp³-hybridized carbons (Fsp3) is 0.722. The molecule has 1 aromatic heterocycles. The fourth-order valence-electron chi connectivity index (χ4n) is 3.34. The minimum atomic E-state index is -0.535. The Morgan fingerprint density at radius 3 is 2.63 bits per heavy atom. The maximum atomic E-state index is 13.0. The minimum absolute atomic E-state index is 0. The SMILES string of the molecule is CC(OCC1CC1)C(=O)N(Cc1cn(C)c(=O)n(C)c1=O)C1CCNC1.Cl. The first kappa shape index (κ1) is 21.7. The third kappa shape index (κ3) is 5.00. The molecular formula is C18H29ClN4O4. The largest absolute Gasteiger partial charge is 0.368 e. The van der Waals surface area contributed by atoms with Crippen LogP contribution in [0.25, 0.3) is 0 Å². The molecule has 1 saturated carbocycles. The average Bonchev–Trinajstić information content (AvgIpc) is 3.31. The van der Waals surface area contributed by atoms with Gasteiger partial charge in [0.1, 0.15) is 6.10 Å². The Balaban J connectivity index is 0.00000261. The zero-order chi connectivity index (χ0) is 18.8. The number of amides is 1. The Kier molecular flexibility index (Phi) is 7.25. The lowest BCUT2D eigenvalue weighted by Crippen LogP contribution is -2.48. The monoisotopic (exact) mass is 400 g/mol. The second-order valence-corrected chi connectivity index (χ2v) is 7.44. The lowest BCUT2D eigenvalue weighted by atomic mass is 10.1. The van der Waals surface area contributed by atoms with Crippen LogP contribution >= 0.6 is 12.4 Å². The van der Waals surface area contributed by atoms with Gasteiger partial charge in [-0.2, -0.15) is 0 Å². The van der Waals surface area contributed by atoms with E-state index in [1.807, 2.05) is 0 Å². The van der Waals surface area contributed by atoms with Crippen LogP contribution in [0.2, 0.25) is 0 Å². The van der Waals surface area contributed by atoms with E-state index in [0.29, 0.717) is 24.6 Å². The molecule has 1 amide bonds. The first-order valence-corrected chi connectivity index (χ1v) is 9.26. The molecular weight excluding hydrogens is 372 g/mol. The summed E-state index contributed by atoms with van der Waals surface area (Å²) in [6.45, 7) is 4.12. The Morgan fingerprint density at radius 1 is 1.33 bits per heavy atom. The van der Waals surface area contributed by atoms with E-state index in [1.54, 1.807) is 18.9 Å². The van der Waals surface area contributed by atoms with E-state index >= 15 is 0 Å². The van der Waals surface area contributed by atoms with E-state index in [0.717, 1.165) is 17.5 Å². The number of halogens is 1. The summed E-state index contributed by atoms with van der Waals surface area (Å²) in [5, 5.41) is 3.27. The zero-order valence-electron chi connectivity index (χ0n) is 16.1. The number of nitrogens with one attached hydrogen (secondary N) is 1. The van der Waals surface area contributed by atoms with Gasteiger partial charge in [0.25, 0.3) is 11.5 Å². The van der Waals surface area contributed by atoms with Gasteiger partial charge >= 0.3 is 5.69 Å². The third-order valence-electron chi connectivity index (χ3n) is 5.24. The van der Waals surface area contributed by atoms with Gasteiger partial charge in [0, 0.05) is 32.9 Å². The fourth-order valence-corrected chi connectivity index (χ4v) is 3.34. The average molecular weight is 401 g/mol. The summed E-state index contributed by atoms with van der Waals surface area (Å²) < 4.78 is 8.21. The van der Waals surface area contributed by atoms with Crippen molar-refractivity contribution in [1.82, 2.24) is 19.4 Å². The van der Waals surface area contributed by atoms with E-state index in [-0.39, 0.29) is 42.1 Å². The molecule has 0 spiro atoms. The van der Waals surface area contributed by atoms with E-state index in [9.17, 15) is 14.4 Å². The smallest absolute Gasteiger partial charge is 0.330 e. The maximum absolute atomic E-state index is 13.0. The first-order chi connectivity index (χ1) is 12.4. The van der Waals surface area contributed by atoms with Gasteiger partial charge in [-0.3, -0.25) is 14.2 Å². The van der Waals surface area contributed by atoms with Crippen LogP contribution in [-0.4, -0.2) is 51.8 Å². The number of ether oxygens (including phenoxy) is 1. The van der Waals surface area contributed by atoms with Crippen LogP contribution in [0.5, 0.6) is 0 Å². The Bertz CT molecular complexity index is 781. The number of carbonyl (C=O) groups is 1. The predicted molar refractivity (Wildman–Crippen MR) is 104 cm³/mol. The van der Waals surface area contributed by atoms with Crippen molar-refractivity contribution in [2.24, 2.45) is 20.0 Å². The molecule has 1 N–H and O–H groups in total. The van der Waals surface area contributed by atoms with Gasteiger partial charge in [-0.1, -0.05) is 0 Å². The highest BCUT2D eigenvalue weighted by Gasteiger charge is 2.32. The molecule has 8 nitrogen and oxygen atoms in total. The van der Waals surface area contributed by atoms with Gasteiger partial charge in [-0.25, -0.2) is 4.79 Å². The van der Waals surface area contributed by atoms with Crippen molar-refractivity contribution >= 4 is 18.3 Å². The molecule has 1 saturated heterocycles. The summed E-state index contributed by atoms with van der Waals surface area (Å²) >= 11 is 0. The number of nitrogens with zero attached hydrogens (tertiary/aromatic N) is 3. The highest BCUT2D eigenvalue weighted by molar-refractivity contribution is 5.85. The van der Waals surface area contributed by atoms with Gasteiger partial charge in [0.05, 0.1) is 18.7 Å². The number of aromatic nitrogens is 2. The molecule has 3 rings (SSSR count). The molecule has 2 aliphatic rings. The molecule has 0 aromatic carbocycles. The van der Waals surface area contributed by atoms with Crippen LogP contribution in [0.15, 0.2) is 15.8 Å². The van der Waals surface area contributed by atoms with E-state index < -0.39 is 6.10 Å². The van der Waals surface area contributed by atoms with Gasteiger partial charge in [0.2, 0.25) is 0 Å². The van der Waals surface area contributed by atoms with Crippen molar-refractivity contribution in [2.45, 2.75) is 44.9 Å². The first-order valence-electron chi connectivity index (χ1n) is 9.26. The third-order valence-corrected chi connectivity index (χ3v) is 5.24. The second-order valence-electron chi connectivity index (χ2n) is 7.44. The second kappa shape index (κ2) is 9.03. The highest BCUT2D eigenvalue weighted by Crippen LogP contribution is 2.29. The summed E-state index contributed by atoms with van der Waals surface area (Å²) in [5.74, 6) is 0.484. The van der Waals surface area contributed by atoms with Crippen molar-refractivity contribution in [2.75, 3.05) is 19.7 Å². The Labute approximate surface area is 164 Å². The summed E-state index contributed by atoms with van der Waals surface area (Å²) in [7, 11) is 3.06. The number of hydrogen-bond acceptors (Lipinski definition) is 5. The quantitative estimate of drug-likeness (QED) is 0.697. The number of rotatable bonds is 7. The summed E-state index contributed by atoms with van der Waals surface area (Å²) in [6.07, 6.45) is 4.18. The van der Waals surface area contributed by atoms with Gasteiger partial charge < -0.3 is 19.5 Å². The van der Waals surface area contributed by atoms with Crippen molar-refractivity contribution in [3.05, 3.63) is 32.6 Å². The lowest BCUT2D eigenvalue weighted by Gasteiger charge is -2.31. The van der Waals surface area contributed by atoms with Crippen molar-refractivity contribution in [1.29, 1.82) is 0 Å². The molecule has 1 aliphatic heterocycles. The zero-order valence-corrected chi connectivity index (χ0v) is 17.0. The minimum Gasteiger partial charge on any atom is -0.368 e. The van der Waals surface area contributed by atoms with Gasteiger partial charge in [0.15, 0.2) is 0 Å². The van der Waals surface area contributed by atoms with E-state index in [2.05, 4.69) is 5.32 Å². The molecule has 0 radical (unpaired) electrons. The van der Waals surface area contributed by atoms with Gasteiger partial charge in [-0.05, 0) is 38.6 Å². The number of aryl methyl sites for hydroxylation is 1. The van der Waals surface area contributed by atoms with Crippen molar-refractivity contribution in [3.63, 3.8) is 0 Å². The molecule has 2 atom stereocenters. The van der Waals surface area contributed by atoms with Crippen molar-refractivity contribution < 1.29 is 9.53 Å². The number of carbonyl (C=O) groups excluding carboxylic acids is 1. The topological polar surface area (TPSA) is 85.6 Å². The van der Waals surface area contributed by atoms with Gasteiger partial charge in [-0.15, -0.1) is 12.4 Å². The molecule has 2 unspecified atom stereocenters. The van der Waals surface area contributed by atoms with Crippen LogP contribution in [0.1, 0.15) is 31.7 Å². The molecule has 9 heteroatoms. The number of hydrogen-bond donors (Lipinski definition) is 1. The molecule has 2 heterocycles. The van der Waals surface area contributed by atoms with Crippen LogP contribution in [0, 0.1) is 5.92 Å². The van der Waals surface area contributed by atoms with E-state index in [4.69, 9.17) is 4.74 Å². The molecule has 152 valence electrons. The van der Waals surface area contributed by atoms with Crippen LogP contribution in [0.3, 0.4) is 0 Å². The Morgan fingerprint density at radius 2 is 2.04 bits per heavy atom. The van der Waals surface area contributed by atoms with Crippen LogP contribution in [-0.2, 0) is 30.2 Å². The molecule has 1 aromatic rings. The molecule has 27 heavy (non-hydrogen) atoms. The predicted octanol–water partition coefficient (Wildman–Crippen LogP) is 0.0114. The molecule has 0 bridgehead atoms. The standard InChI is InChI=1S/C18H28N4O4.ClH/c1-12(26-11-13-4-5-13)16(23)22(15-6-7-19-8-15)10-14-9-20(2)18(25)21(3)17(14)24;/h9,12-13,15,19H,4-8,10-11H2,1-3H3;1H. The van der Waals surface area contributed by atoms with Crippen LogP contribution < -0.4 is 16.6 Å². The maximum Gasteiger partial charge on any atom is 0.330 e. The van der Waals surface area contributed by atoms with Crippen LogP contribution in [0.4, 0.5) is 0 Å². The highest BCUT2D eigenvalue weighted by atomic mass is 35.5. The normalized spacial score (nSPS) is 20.2. The summed E-state index contributed by atoms with van der Waals surface area (Å²) in [6, 6.07) is 0.0245. The summed E-state index contributed by atoms with van der Waals surface area (Å²) in [4.78, 5) is 39.1. The van der Waals surface area contributed by atoms with E-state index in [1.165, 1.54) is 30.7 Å².